The lowest BCUT2D eigenvalue weighted by atomic mass is 10.2. The van der Waals surface area contributed by atoms with Gasteiger partial charge >= 0.3 is 13.5 Å². The number of nitrogen functional groups attached to an aromatic ring is 2. The Morgan fingerprint density at radius 2 is 1.82 bits per heavy atom. The van der Waals surface area contributed by atoms with Crippen LogP contribution in [-0.4, -0.2) is 86.8 Å². The van der Waals surface area contributed by atoms with Gasteiger partial charge in [0.2, 0.25) is 11.9 Å². The number of rotatable bonds is 8. The van der Waals surface area contributed by atoms with Gasteiger partial charge in [0.1, 0.15) is 37.1 Å². The molecule has 2 aliphatic heterocycles. The monoisotopic (exact) mass is 557 g/mol. The van der Waals surface area contributed by atoms with Crippen LogP contribution in [0.2, 0.25) is 0 Å². The minimum absolute atomic E-state index is 0.0218. The van der Waals surface area contributed by atoms with Gasteiger partial charge < -0.3 is 36.0 Å². The summed E-state index contributed by atoms with van der Waals surface area (Å²) in [7, 11) is -4.76. The van der Waals surface area contributed by atoms with E-state index in [0.717, 1.165) is 10.9 Å². The largest absolute Gasteiger partial charge is 0.472 e. The van der Waals surface area contributed by atoms with E-state index < -0.39 is 69.2 Å². The van der Waals surface area contributed by atoms with Gasteiger partial charge in [-0.2, -0.15) is 9.97 Å². The summed E-state index contributed by atoms with van der Waals surface area (Å²) >= 11 is 0. The standard InChI is InChI=1S/C18H24N9O10P/c19-16-22-6-27(18(31)25-16)12-2-8(9(3-28)35-12)37-38(32,33)34-4-10-7(29)1-11(36-10)26-5-21-13-14(26)23-17(20)24-15(13)30/h5-12,28-29H,1-4H2,(H,32,33)(H2,19,25,31)(H3,20,23,24,30)/t7-,8-,9-,10+,11-,12-/m1/s1. The average Bonchev–Trinajstić information content (AvgIpc) is 3.54. The number of fused-ring (bicyclic) bond motifs is 1. The van der Waals surface area contributed by atoms with Crippen molar-refractivity contribution >= 4 is 30.9 Å². The summed E-state index contributed by atoms with van der Waals surface area (Å²) in [5.41, 5.74) is 9.82. The number of hydrogen-bond acceptors (Lipinski definition) is 15. The molecule has 5 rings (SSSR count). The van der Waals surface area contributed by atoms with Crippen LogP contribution in [0.4, 0.5) is 11.9 Å². The summed E-state index contributed by atoms with van der Waals surface area (Å²) in [6.45, 7) is -1.13. The van der Waals surface area contributed by atoms with Gasteiger partial charge in [-0.1, -0.05) is 0 Å². The molecule has 0 aromatic carbocycles. The van der Waals surface area contributed by atoms with Crippen LogP contribution in [0.15, 0.2) is 22.2 Å². The number of nitrogens with zero attached hydrogens (tertiary/aromatic N) is 6. The third kappa shape index (κ3) is 5.18. The van der Waals surface area contributed by atoms with Gasteiger partial charge in [-0.25, -0.2) is 19.3 Å². The molecule has 0 radical (unpaired) electrons. The minimum atomic E-state index is -4.76. The normalized spacial score (nSPS) is 29.1. The number of aliphatic hydroxyl groups is 2. The number of anilines is 2. The molecular formula is C18H24N9O10P. The molecule has 5 heterocycles. The van der Waals surface area contributed by atoms with Crippen molar-refractivity contribution in [2.24, 2.45) is 0 Å². The fourth-order valence-electron chi connectivity index (χ4n) is 4.26. The summed E-state index contributed by atoms with van der Waals surface area (Å²) in [5, 5.41) is 20.1. The summed E-state index contributed by atoms with van der Waals surface area (Å²) in [6.07, 6.45) is -3.86. The van der Waals surface area contributed by atoms with E-state index >= 15 is 0 Å². The smallest absolute Gasteiger partial charge is 0.394 e. The Labute approximate surface area is 211 Å². The number of phosphoric ester groups is 1. The SMILES string of the molecule is Nc1ncn([C@H]2C[C@@H](OP(=O)(O)OC[C@@H]3O[C@@H](n4cnc5c(=O)[nH]c(N)nc54)C[C@H]3O)[C@@H](CO)O2)c(=O)n1. The number of phosphoric acid groups is 1. The Morgan fingerprint density at radius 1 is 1.11 bits per heavy atom. The van der Waals surface area contributed by atoms with Gasteiger partial charge in [0.25, 0.3) is 5.56 Å². The van der Waals surface area contributed by atoms with E-state index in [-0.39, 0.29) is 35.9 Å². The van der Waals surface area contributed by atoms with Crippen LogP contribution in [0.5, 0.6) is 0 Å². The lowest BCUT2D eigenvalue weighted by molar-refractivity contribution is -0.0565. The zero-order valence-corrected chi connectivity index (χ0v) is 20.3. The highest BCUT2D eigenvalue weighted by Crippen LogP contribution is 2.49. The zero-order valence-electron chi connectivity index (χ0n) is 19.4. The number of aliphatic hydroxyl groups excluding tert-OH is 2. The zero-order chi connectivity index (χ0) is 27.2. The first kappa shape index (κ1) is 26.3. The third-order valence-corrected chi connectivity index (χ3v) is 7.06. The maximum atomic E-state index is 12.7. The maximum absolute atomic E-state index is 12.7. The van der Waals surface area contributed by atoms with Gasteiger partial charge in [0.05, 0.1) is 25.6 Å². The van der Waals surface area contributed by atoms with Crippen LogP contribution in [0, 0.1) is 0 Å². The second-order valence-electron chi connectivity index (χ2n) is 8.57. The topological polar surface area (TPSA) is 278 Å². The lowest BCUT2D eigenvalue weighted by Crippen LogP contribution is -2.29. The molecule has 0 aliphatic carbocycles. The first-order valence-corrected chi connectivity index (χ1v) is 12.7. The van der Waals surface area contributed by atoms with E-state index in [4.69, 9.17) is 30.0 Å². The van der Waals surface area contributed by atoms with Crippen LogP contribution in [0.3, 0.4) is 0 Å². The highest BCUT2D eigenvalue weighted by atomic mass is 31.2. The fraction of sp³-hybridized carbons (Fsp3) is 0.556. The number of ether oxygens (including phenoxy) is 2. The lowest BCUT2D eigenvalue weighted by Gasteiger charge is -2.21. The Morgan fingerprint density at radius 3 is 2.55 bits per heavy atom. The van der Waals surface area contributed by atoms with Crippen molar-refractivity contribution in [2.75, 3.05) is 24.7 Å². The molecule has 0 amide bonds. The Hall–Kier alpha value is -3.29. The summed E-state index contributed by atoms with van der Waals surface area (Å²) in [4.78, 5) is 51.9. The highest BCUT2D eigenvalue weighted by molar-refractivity contribution is 7.47. The molecule has 0 saturated carbocycles. The Kier molecular flexibility index (Phi) is 7.01. The number of aromatic nitrogens is 7. The van der Waals surface area contributed by atoms with Gasteiger partial charge in [-0.05, 0) is 0 Å². The number of hydrogen-bond donors (Lipinski definition) is 6. The third-order valence-electron chi connectivity index (χ3n) is 6.05. The first-order chi connectivity index (χ1) is 18.0. The number of nitrogens with two attached hydrogens (primary N) is 2. The molecule has 0 bridgehead atoms. The first-order valence-electron chi connectivity index (χ1n) is 11.2. The van der Waals surface area contributed by atoms with E-state index in [2.05, 4.69) is 24.9 Å². The molecule has 3 aromatic rings. The molecule has 38 heavy (non-hydrogen) atoms. The van der Waals surface area contributed by atoms with E-state index in [1.165, 1.54) is 10.9 Å². The summed E-state index contributed by atoms with van der Waals surface area (Å²) in [6, 6.07) is 0. The molecule has 2 saturated heterocycles. The van der Waals surface area contributed by atoms with Crippen LogP contribution in [0.25, 0.3) is 11.2 Å². The molecule has 0 spiro atoms. The van der Waals surface area contributed by atoms with Crippen LogP contribution in [0.1, 0.15) is 25.3 Å². The number of imidazole rings is 1. The van der Waals surface area contributed by atoms with Crippen molar-refractivity contribution in [3.63, 3.8) is 0 Å². The summed E-state index contributed by atoms with van der Waals surface area (Å²) < 4.78 is 36.6. The van der Waals surface area contributed by atoms with Crippen molar-refractivity contribution in [2.45, 2.75) is 49.7 Å². The second-order valence-corrected chi connectivity index (χ2v) is 9.97. The maximum Gasteiger partial charge on any atom is 0.472 e. The molecule has 2 fully saturated rings. The number of H-pyrrole nitrogens is 1. The summed E-state index contributed by atoms with van der Waals surface area (Å²) in [5.74, 6) is -0.369. The van der Waals surface area contributed by atoms with Crippen molar-refractivity contribution in [1.29, 1.82) is 0 Å². The van der Waals surface area contributed by atoms with E-state index in [1.807, 2.05) is 0 Å². The second kappa shape index (κ2) is 10.1. The molecule has 8 N–H and O–H groups in total. The van der Waals surface area contributed by atoms with Crippen molar-refractivity contribution in [3.05, 3.63) is 33.5 Å². The van der Waals surface area contributed by atoms with Gasteiger partial charge in [-0.15, -0.1) is 0 Å². The average molecular weight is 557 g/mol. The van der Waals surface area contributed by atoms with Gasteiger partial charge in [0.15, 0.2) is 11.2 Å². The Bertz CT molecular complexity index is 1490. The highest BCUT2D eigenvalue weighted by Gasteiger charge is 2.43. The predicted molar refractivity (Wildman–Crippen MR) is 124 cm³/mol. The van der Waals surface area contributed by atoms with Crippen molar-refractivity contribution in [1.82, 2.24) is 34.1 Å². The van der Waals surface area contributed by atoms with Crippen LogP contribution < -0.4 is 22.7 Å². The molecule has 7 atom stereocenters. The van der Waals surface area contributed by atoms with Gasteiger partial charge in [0, 0.05) is 12.8 Å². The quantitative estimate of drug-likeness (QED) is 0.154. The molecule has 20 heteroatoms. The van der Waals surface area contributed by atoms with E-state index in [1.54, 1.807) is 0 Å². The molecule has 3 aromatic heterocycles. The fourth-order valence-corrected chi connectivity index (χ4v) is 5.22. The Balaban J connectivity index is 1.22. The van der Waals surface area contributed by atoms with Gasteiger partial charge in [-0.3, -0.25) is 28.0 Å². The number of nitrogens with one attached hydrogen (secondary N) is 1. The van der Waals surface area contributed by atoms with E-state index in [9.17, 15) is 29.3 Å². The van der Waals surface area contributed by atoms with E-state index in [0.29, 0.717) is 0 Å². The molecule has 206 valence electrons. The predicted octanol–water partition coefficient (Wildman–Crippen LogP) is -2.63. The number of aromatic amines is 1. The van der Waals surface area contributed by atoms with Crippen LogP contribution >= 0.6 is 7.82 Å². The minimum Gasteiger partial charge on any atom is -0.394 e. The molecule has 2 aliphatic rings. The van der Waals surface area contributed by atoms with Crippen molar-refractivity contribution in [3.8, 4) is 0 Å². The van der Waals surface area contributed by atoms with Crippen molar-refractivity contribution < 1.29 is 38.2 Å². The molecular weight excluding hydrogens is 533 g/mol. The van der Waals surface area contributed by atoms with Crippen LogP contribution in [-0.2, 0) is 23.1 Å². The molecule has 19 nitrogen and oxygen atoms in total. The molecule has 1 unspecified atom stereocenters.